The van der Waals surface area contributed by atoms with Crippen LogP contribution in [0.25, 0.3) is 10.9 Å². The quantitative estimate of drug-likeness (QED) is 0.323. The minimum atomic E-state index is -0.530. The van der Waals surface area contributed by atoms with E-state index >= 15 is 0 Å². The number of amides is 1. The van der Waals surface area contributed by atoms with Crippen LogP contribution in [0.15, 0.2) is 24.3 Å². The fraction of sp³-hybridized carbons (Fsp3) is 0.0909. The van der Waals surface area contributed by atoms with Crippen molar-refractivity contribution in [2.75, 3.05) is 7.05 Å². The first kappa shape index (κ1) is 12.6. The van der Waals surface area contributed by atoms with Crippen molar-refractivity contribution in [1.29, 1.82) is 5.41 Å². The number of aromatic nitrogens is 1. The molecule has 98 valence electrons. The first-order valence-electron chi connectivity index (χ1n) is 5.30. The molecule has 8 nitrogen and oxygen atoms in total. The first-order chi connectivity index (χ1) is 8.91. The number of nitro groups is 1. The van der Waals surface area contributed by atoms with Crippen LogP contribution in [0.5, 0.6) is 0 Å². The molecule has 2 aromatic rings. The Morgan fingerprint density at radius 1 is 1.53 bits per heavy atom. The lowest BCUT2D eigenvalue weighted by Gasteiger charge is -2.12. The lowest BCUT2D eigenvalue weighted by Crippen LogP contribution is -2.38. The lowest BCUT2D eigenvalue weighted by atomic mass is 10.2. The van der Waals surface area contributed by atoms with E-state index < -0.39 is 16.8 Å². The van der Waals surface area contributed by atoms with Crippen LogP contribution >= 0.6 is 0 Å². The van der Waals surface area contributed by atoms with E-state index in [0.717, 1.165) is 4.90 Å². The number of carbonyl (C=O) groups is 1. The summed E-state index contributed by atoms with van der Waals surface area (Å²) in [5, 5.41) is 18.4. The second-order valence-corrected chi connectivity index (χ2v) is 3.93. The fourth-order valence-electron chi connectivity index (χ4n) is 1.70. The Bertz CT molecular complexity index is 691. The largest absolute Gasteiger partial charge is 0.370 e. The van der Waals surface area contributed by atoms with E-state index in [-0.39, 0.29) is 11.4 Å². The number of carbonyl (C=O) groups excluding carboxylic acids is 1. The van der Waals surface area contributed by atoms with Gasteiger partial charge < -0.3 is 10.7 Å². The van der Waals surface area contributed by atoms with Crippen LogP contribution in [0.4, 0.5) is 5.69 Å². The molecular formula is C11H11N5O3. The van der Waals surface area contributed by atoms with Crippen LogP contribution in [0.1, 0.15) is 10.5 Å². The lowest BCUT2D eigenvalue weighted by molar-refractivity contribution is -0.383. The summed E-state index contributed by atoms with van der Waals surface area (Å²) in [5.74, 6) is -0.934. The molecule has 0 aliphatic heterocycles. The molecule has 19 heavy (non-hydrogen) atoms. The monoisotopic (exact) mass is 261 g/mol. The number of guanidine groups is 1. The maximum Gasteiger partial charge on any atom is 0.278 e. The maximum atomic E-state index is 11.9. The van der Waals surface area contributed by atoms with Crippen LogP contribution < -0.4 is 5.73 Å². The number of rotatable bonds is 2. The van der Waals surface area contributed by atoms with Gasteiger partial charge in [0.05, 0.1) is 15.8 Å². The third-order valence-electron chi connectivity index (χ3n) is 2.73. The number of fused-ring (bicyclic) bond motifs is 1. The van der Waals surface area contributed by atoms with Crippen LogP contribution in [-0.2, 0) is 0 Å². The highest BCUT2D eigenvalue weighted by atomic mass is 16.6. The Labute approximate surface area is 107 Å². The topological polar surface area (TPSA) is 129 Å². The molecule has 0 aliphatic carbocycles. The number of nitrogens with zero attached hydrogens (tertiary/aromatic N) is 2. The Morgan fingerprint density at radius 2 is 2.21 bits per heavy atom. The SMILES string of the molecule is CN(C(=N)N)C(=O)c1cc2c([N+](=O)[O-])cccc2[nH]1. The van der Waals surface area contributed by atoms with Gasteiger partial charge in [-0.15, -0.1) is 0 Å². The Balaban J connectivity index is 2.53. The van der Waals surface area contributed by atoms with E-state index in [0.29, 0.717) is 10.9 Å². The number of non-ortho nitro benzene ring substituents is 1. The van der Waals surface area contributed by atoms with Gasteiger partial charge in [-0.25, -0.2) is 0 Å². The van der Waals surface area contributed by atoms with E-state index in [1.807, 2.05) is 0 Å². The van der Waals surface area contributed by atoms with Crippen molar-refractivity contribution < 1.29 is 9.72 Å². The molecule has 2 rings (SSSR count). The first-order valence-corrected chi connectivity index (χ1v) is 5.30. The third kappa shape index (κ3) is 2.10. The highest BCUT2D eigenvalue weighted by Gasteiger charge is 2.19. The number of benzene rings is 1. The van der Waals surface area contributed by atoms with Crippen LogP contribution in [0.2, 0.25) is 0 Å². The molecule has 0 fully saturated rings. The fourth-order valence-corrected chi connectivity index (χ4v) is 1.70. The van der Waals surface area contributed by atoms with Crippen molar-refractivity contribution in [1.82, 2.24) is 9.88 Å². The summed E-state index contributed by atoms with van der Waals surface area (Å²) in [6.45, 7) is 0. The van der Waals surface area contributed by atoms with E-state index in [2.05, 4.69) is 4.98 Å². The van der Waals surface area contributed by atoms with E-state index in [1.54, 1.807) is 6.07 Å². The maximum absolute atomic E-state index is 11.9. The van der Waals surface area contributed by atoms with Gasteiger partial charge in [0.15, 0.2) is 5.96 Å². The van der Waals surface area contributed by atoms with Crippen LogP contribution in [0.3, 0.4) is 0 Å². The van der Waals surface area contributed by atoms with Gasteiger partial charge in [0.2, 0.25) is 0 Å². The Kier molecular flexibility index (Phi) is 2.91. The average molecular weight is 261 g/mol. The van der Waals surface area contributed by atoms with Crippen molar-refractivity contribution >= 4 is 28.5 Å². The zero-order valence-electron chi connectivity index (χ0n) is 10.0. The normalized spacial score (nSPS) is 10.4. The highest BCUT2D eigenvalue weighted by molar-refractivity contribution is 6.06. The molecule has 0 radical (unpaired) electrons. The molecule has 4 N–H and O–H groups in total. The summed E-state index contributed by atoms with van der Waals surface area (Å²) in [4.78, 5) is 26.0. The molecule has 1 amide bonds. The number of H-pyrrole nitrogens is 1. The molecular weight excluding hydrogens is 250 g/mol. The van der Waals surface area contributed by atoms with Gasteiger partial charge in [-0.1, -0.05) is 6.07 Å². The van der Waals surface area contributed by atoms with Crippen molar-refractivity contribution in [2.45, 2.75) is 0 Å². The highest BCUT2D eigenvalue weighted by Crippen LogP contribution is 2.26. The van der Waals surface area contributed by atoms with Crippen molar-refractivity contribution in [2.24, 2.45) is 5.73 Å². The minimum absolute atomic E-state index is 0.0849. The minimum Gasteiger partial charge on any atom is -0.370 e. The van der Waals surface area contributed by atoms with Crippen molar-refractivity contribution in [3.63, 3.8) is 0 Å². The molecule has 8 heteroatoms. The number of aromatic amines is 1. The van der Waals surface area contributed by atoms with Gasteiger partial charge in [0.25, 0.3) is 11.6 Å². The standard InChI is InChI=1S/C11H11N5O3/c1-15(11(12)13)10(17)8-5-6-7(14-8)3-2-4-9(6)16(18)19/h2-5,14H,1H3,(H3,12,13). The summed E-state index contributed by atoms with van der Waals surface area (Å²) in [6, 6.07) is 5.90. The van der Waals surface area contributed by atoms with Gasteiger partial charge in [0.1, 0.15) is 5.69 Å². The summed E-state index contributed by atoms with van der Waals surface area (Å²) in [5.41, 5.74) is 5.75. The molecule has 0 unspecified atom stereocenters. The van der Waals surface area contributed by atoms with Gasteiger partial charge in [-0.2, -0.15) is 0 Å². The van der Waals surface area contributed by atoms with E-state index in [4.69, 9.17) is 11.1 Å². The molecule has 1 aromatic carbocycles. The number of nitrogens with two attached hydrogens (primary N) is 1. The second kappa shape index (κ2) is 4.41. The Morgan fingerprint density at radius 3 is 2.79 bits per heavy atom. The zero-order valence-corrected chi connectivity index (χ0v) is 10.0. The summed E-state index contributed by atoms with van der Waals surface area (Å²) >= 11 is 0. The predicted octanol–water partition coefficient (Wildman–Crippen LogP) is 1.04. The second-order valence-electron chi connectivity index (χ2n) is 3.93. The molecule has 0 saturated heterocycles. The molecule has 0 bridgehead atoms. The molecule has 0 spiro atoms. The predicted molar refractivity (Wildman–Crippen MR) is 69.0 cm³/mol. The Hall–Kier alpha value is -2.90. The smallest absolute Gasteiger partial charge is 0.278 e. The molecule has 1 aromatic heterocycles. The van der Waals surface area contributed by atoms with E-state index in [1.165, 1.54) is 25.2 Å². The molecule has 0 atom stereocenters. The van der Waals surface area contributed by atoms with Gasteiger partial charge in [0, 0.05) is 13.1 Å². The number of hydrogen-bond acceptors (Lipinski definition) is 4. The van der Waals surface area contributed by atoms with Crippen LogP contribution in [0, 0.1) is 15.5 Å². The number of nitrogens with one attached hydrogen (secondary N) is 2. The molecule has 1 heterocycles. The zero-order chi connectivity index (χ0) is 14.2. The molecule has 0 saturated carbocycles. The van der Waals surface area contributed by atoms with Gasteiger partial charge >= 0.3 is 0 Å². The summed E-state index contributed by atoms with van der Waals surface area (Å²) in [6.07, 6.45) is 0. The molecule has 0 aliphatic rings. The summed E-state index contributed by atoms with van der Waals surface area (Å²) in [7, 11) is 1.35. The van der Waals surface area contributed by atoms with Crippen molar-refractivity contribution in [3.05, 3.63) is 40.1 Å². The van der Waals surface area contributed by atoms with Crippen molar-refractivity contribution in [3.8, 4) is 0 Å². The van der Waals surface area contributed by atoms with Gasteiger partial charge in [-0.3, -0.25) is 25.2 Å². The van der Waals surface area contributed by atoms with Gasteiger partial charge in [-0.05, 0) is 12.1 Å². The average Bonchev–Trinajstić information content (AvgIpc) is 2.79. The van der Waals surface area contributed by atoms with Crippen LogP contribution in [-0.4, -0.2) is 33.7 Å². The number of hydrogen-bond donors (Lipinski definition) is 3. The van der Waals surface area contributed by atoms with E-state index in [9.17, 15) is 14.9 Å². The summed E-state index contributed by atoms with van der Waals surface area (Å²) < 4.78 is 0. The third-order valence-corrected chi connectivity index (χ3v) is 2.73. The number of nitro benzene ring substituents is 1.